The predicted octanol–water partition coefficient (Wildman–Crippen LogP) is 4.30. The van der Waals surface area contributed by atoms with E-state index in [-0.39, 0.29) is 11.9 Å². The van der Waals surface area contributed by atoms with E-state index in [1.165, 1.54) is 6.42 Å². The van der Waals surface area contributed by atoms with Crippen molar-refractivity contribution < 1.29 is 4.79 Å². The first-order valence-electron chi connectivity index (χ1n) is 11.0. The van der Waals surface area contributed by atoms with Crippen LogP contribution in [0.5, 0.6) is 0 Å². The number of fused-ring (bicyclic) bond motifs is 1. The maximum Gasteiger partial charge on any atom is 0.273 e. The van der Waals surface area contributed by atoms with Crippen LogP contribution in [0.4, 0.5) is 5.82 Å². The average Bonchev–Trinajstić information content (AvgIpc) is 3.38. The van der Waals surface area contributed by atoms with Crippen LogP contribution < -0.4 is 4.90 Å². The van der Waals surface area contributed by atoms with Crippen molar-refractivity contribution in [3.63, 3.8) is 0 Å². The molecule has 5 heterocycles. The van der Waals surface area contributed by atoms with E-state index in [0.29, 0.717) is 23.3 Å². The van der Waals surface area contributed by atoms with Gasteiger partial charge in [-0.2, -0.15) is 5.10 Å². The molecule has 7 nitrogen and oxygen atoms in total. The van der Waals surface area contributed by atoms with E-state index in [9.17, 15) is 4.79 Å². The minimum Gasteiger partial charge on any atom is -0.356 e. The molecule has 31 heavy (non-hydrogen) atoms. The molecule has 2 aliphatic rings. The van der Waals surface area contributed by atoms with Crippen LogP contribution in [0, 0.1) is 12.8 Å². The second-order valence-corrected chi connectivity index (χ2v) is 9.20. The number of carbonyl (C=O) groups is 1. The molecule has 0 N–H and O–H groups in total. The Bertz CT molecular complexity index is 1130. The summed E-state index contributed by atoms with van der Waals surface area (Å²) in [6.07, 6.45) is 6.18. The molecule has 0 aromatic carbocycles. The minimum atomic E-state index is -0.0971. The molecular formula is C23H27ClN6O. The van der Waals surface area contributed by atoms with Crippen molar-refractivity contribution in [2.24, 2.45) is 5.92 Å². The van der Waals surface area contributed by atoms with Crippen molar-refractivity contribution in [2.75, 3.05) is 24.5 Å². The normalized spacial score (nSPS) is 21.8. The van der Waals surface area contributed by atoms with E-state index in [1.807, 2.05) is 15.5 Å². The fourth-order valence-corrected chi connectivity index (χ4v) is 4.95. The number of amides is 1. The summed E-state index contributed by atoms with van der Waals surface area (Å²) in [5.41, 5.74) is 3.21. The van der Waals surface area contributed by atoms with Crippen LogP contribution in [-0.4, -0.2) is 50.0 Å². The van der Waals surface area contributed by atoms with Crippen molar-refractivity contribution in [3.8, 4) is 0 Å². The molecule has 0 saturated carbocycles. The second kappa shape index (κ2) is 8.11. The van der Waals surface area contributed by atoms with Gasteiger partial charge in [0, 0.05) is 37.5 Å². The summed E-state index contributed by atoms with van der Waals surface area (Å²) in [6.45, 7) is 7.16. The Labute approximate surface area is 187 Å². The number of rotatable bonds is 3. The fourth-order valence-electron chi connectivity index (χ4n) is 4.79. The Hall–Kier alpha value is -2.67. The summed E-state index contributed by atoms with van der Waals surface area (Å²) in [5, 5.41) is 5.15. The quantitative estimate of drug-likeness (QED) is 0.570. The number of hydrogen-bond acceptors (Lipinski definition) is 5. The zero-order chi connectivity index (χ0) is 21.5. The maximum absolute atomic E-state index is 13.2. The molecule has 8 heteroatoms. The highest BCUT2D eigenvalue weighted by Crippen LogP contribution is 2.33. The Morgan fingerprint density at radius 1 is 1.16 bits per heavy atom. The first-order chi connectivity index (χ1) is 15.0. The molecule has 2 fully saturated rings. The Kier molecular flexibility index (Phi) is 5.30. The fraction of sp³-hybridized carbons (Fsp3) is 0.478. The number of likely N-dealkylation sites (tertiary alicyclic amines) is 1. The van der Waals surface area contributed by atoms with Crippen LogP contribution in [0.15, 0.2) is 30.5 Å². The van der Waals surface area contributed by atoms with Crippen molar-refractivity contribution in [1.29, 1.82) is 0 Å². The number of carbonyl (C=O) groups excluding carboxylic acids is 1. The summed E-state index contributed by atoms with van der Waals surface area (Å²) in [4.78, 5) is 26.6. The number of hydrogen-bond donors (Lipinski definition) is 0. The van der Waals surface area contributed by atoms with Crippen LogP contribution in [0.25, 0.3) is 5.65 Å². The molecule has 3 aromatic rings. The zero-order valence-electron chi connectivity index (χ0n) is 18.0. The summed E-state index contributed by atoms with van der Waals surface area (Å²) >= 11 is 6.02. The van der Waals surface area contributed by atoms with Gasteiger partial charge in [-0.25, -0.2) is 14.5 Å². The molecule has 1 amide bonds. The zero-order valence-corrected chi connectivity index (χ0v) is 18.7. The van der Waals surface area contributed by atoms with Gasteiger partial charge in [0.2, 0.25) is 0 Å². The van der Waals surface area contributed by atoms with E-state index in [2.05, 4.69) is 29.9 Å². The first kappa shape index (κ1) is 20.2. The van der Waals surface area contributed by atoms with Crippen LogP contribution in [0.1, 0.15) is 60.4 Å². The third kappa shape index (κ3) is 3.87. The van der Waals surface area contributed by atoms with Gasteiger partial charge in [-0.05, 0) is 50.7 Å². The highest BCUT2D eigenvalue weighted by molar-refractivity contribution is 6.29. The number of aromatic nitrogens is 4. The number of pyridine rings is 1. The second-order valence-electron chi connectivity index (χ2n) is 8.82. The van der Waals surface area contributed by atoms with Crippen LogP contribution in [0.3, 0.4) is 0 Å². The molecular weight excluding hydrogens is 412 g/mol. The Balaban J connectivity index is 1.47. The number of halogens is 1. The molecule has 5 rings (SSSR count). The summed E-state index contributed by atoms with van der Waals surface area (Å²) in [5.74, 6) is 1.64. The molecule has 2 atom stereocenters. The van der Waals surface area contributed by atoms with Gasteiger partial charge in [-0.15, -0.1) is 0 Å². The maximum atomic E-state index is 13.2. The number of anilines is 1. The van der Waals surface area contributed by atoms with Gasteiger partial charge < -0.3 is 9.80 Å². The molecule has 0 spiro atoms. The van der Waals surface area contributed by atoms with Crippen molar-refractivity contribution >= 4 is 29.0 Å². The monoisotopic (exact) mass is 438 g/mol. The van der Waals surface area contributed by atoms with Gasteiger partial charge in [-0.3, -0.25) is 4.79 Å². The average molecular weight is 439 g/mol. The molecule has 3 aromatic heterocycles. The van der Waals surface area contributed by atoms with Gasteiger partial charge in [0.05, 0.1) is 11.7 Å². The number of piperidine rings is 1. The lowest BCUT2D eigenvalue weighted by molar-refractivity contribution is 0.0599. The van der Waals surface area contributed by atoms with Crippen molar-refractivity contribution in [3.05, 3.63) is 52.6 Å². The van der Waals surface area contributed by atoms with Crippen LogP contribution in [0.2, 0.25) is 5.15 Å². The first-order valence-corrected chi connectivity index (χ1v) is 11.4. The van der Waals surface area contributed by atoms with E-state index in [1.54, 1.807) is 18.2 Å². The topological polar surface area (TPSA) is 66.6 Å². The third-order valence-electron chi connectivity index (χ3n) is 6.39. The lowest BCUT2D eigenvalue weighted by Gasteiger charge is -2.34. The van der Waals surface area contributed by atoms with Gasteiger partial charge >= 0.3 is 0 Å². The molecule has 0 aliphatic carbocycles. The lowest BCUT2D eigenvalue weighted by Crippen LogP contribution is -2.39. The van der Waals surface area contributed by atoms with Crippen molar-refractivity contribution in [1.82, 2.24) is 24.5 Å². The minimum absolute atomic E-state index is 0.0840. The van der Waals surface area contributed by atoms with Gasteiger partial charge in [0.1, 0.15) is 16.7 Å². The highest BCUT2D eigenvalue weighted by Gasteiger charge is 2.31. The van der Waals surface area contributed by atoms with Gasteiger partial charge in [0.15, 0.2) is 5.65 Å². The summed E-state index contributed by atoms with van der Waals surface area (Å²) in [6, 6.07) is 7.11. The van der Waals surface area contributed by atoms with Crippen LogP contribution >= 0.6 is 11.6 Å². The molecule has 0 unspecified atom stereocenters. The molecule has 2 aliphatic heterocycles. The summed E-state index contributed by atoms with van der Waals surface area (Å²) < 4.78 is 1.85. The van der Waals surface area contributed by atoms with E-state index < -0.39 is 0 Å². The van der Waals surface area contributed by atoms with E-state index in [0.717, 1.165) is 55.1 Å². The standard InChI is InChI=1S/C23H27ClN6O/c1-15-9-11-28(13-15)22-16(2)14-30-21(26-22)12-18(27-30)19-7-3-4-10-29(19)23(31)17-6-5-8-20(24)25-17/h5-6,8,12,14-15,19H,3-4,7,9-11,13H2,1-2H3/t15-,19-/m0/s1. The Morgan fingerprint density at radius 3 is 2.81 bits per heavy atom. The molecule has 2 saturated heterocycles. The van der Waals surface area contributed by atoms with E-state index >= 15 is 0 Å². The van der Waals surface area contributed by atoms with Gasteiger partial charge in [0.25, 0.3) is 5.91 Å². The smallest absolute Gasteiger partial charge is 0.273 e. The Morgan fingerprint density at radius 2 is 2.03 bits per heavy atom. The highest BCUT2D eigenvalue weighted by atomic mass is 35.5. The lowest BCUT2D eigenvalue weighted by atomic mass is 9.99. The third-order valence-corrected chi connectivity index (χ3v) is 6.60. The largest absolute Gasteiger partial charge is 0.356 e. The van der Waals surface area contributed by atoms with Crippen molar-refractivity contribution in [2.45, 2.75) is 45.6 Å². The molecule has 0 radical (unpaired) electrons. The summed E-state index contributed by atoms with van der Waals surface area (Å²) in [7, 11) is 0. The SMILES string of the molecule is Cc1cn2nc([C@@H]3CCCCN3C(=O)c3cccc(Cl)n3)cc2nc1N1CC[C@H](C)C1. The molecule has 0 bridgehead atoms. The predicted molar refractivity (Wildman–Crippen MR) is 121 cm³/mol. The van der Waals surface area contributed by atoms with Crippen LogP contribution in [-0.2, 0) is 0 Å². The number of aryl methyl sites for hydroxylation is 1. The van der Waals surface area contributed by atoms with E-state index in [4.69, 9.17) is 21.7 Å². The number of nitrogens with zero attached hydrogens (tertiary/aromatic N) is 6. The molecule has 162 valence electrons. The van der Waals surface area contributed by atoms with Gasteiger partial charge in [-0.1, -0.05) is 24.6 Å².